The van der Waals surface area contributed by atoms with Crippen LogP contribution in [0.25, 0.3) is 0 Å². The predicted molar refractivity (Wildman–Crippen MR) is 118 cm³/mol. The molecule has 0 radical (unpaired) electrons. The van der Waals surface area contributed by atoms with Gasteiger partial charge in [-0.1, -0.05) is 25.0 Å². The minimum Gasteiger partial charge on any atom is -0.395 e. The number of aryl methyl sites for hydroxylation is 2. The van der Waals surface area contributed by atoms with Crippen LogP contribution in [0.15, 0.2) is 18.2 Å². The first kappa shape index (κ1) is 21.8. The maximum atomic E-state index is 13.5. The van der Waals surface area contributed by atoms with Crippen molar-refractivity contribution in [2.75, 3.05) is 10.6 Å². The zero-order valence-electron chi connectivity index (χ0n) is 17.4. The van der Waals surface area contributed by atoms with Crippen molar-refractivity contribution < 1.29 is 14.4 Å². The van der Waals surface area contributed by atoms with E-state index in [2.05, 4.69) is 9.69 Å². The molecule has 1 saturated carbocycles. The maximum Gasteiger partial charge on any atom is 0.272 e. The van der Waals surface area contributed by atoms with Gasteiger partial charge in [0, 0.05) is 11.7 Å². The quantitative estimate of drug-likeness (QED) is 0.649. The number of nitrogens with two attached hydrogens (primary N) is 2. The van der Waals surface area contributed by atoms with Crippen molar-refractivity contribution >= 4 is 40.6 Å². The standard InChI is InChI=1S/C21H27N5O3S/c1-11-8-9-12(2)15(10-11)26(13(3)20(28)24-14-6-4-5-7-14)21(29)18-16(22)17(19(23)27)25-30-18/h8-10,13-14H,4-7,22H2,1-3H3,(H2,23,27)(H,24,28)/t13-/m0/s1. The summed E-state index contributed by atoms with van der Waals surface area (Å²) in [5.41, 5.74) is 13.5. The molecule has 0 spiro atoms. The first-order valence-electron chi connectivity index (χ1n) is 9.96. The van der Waals surface area contributed by atoms with Crippen LogP contribution in [0.4, 0.5) is 11.4 Å². The smallest absolute Gasteiger partial charge is 0.272 e. The molecule has 0 aliphatic heterocycles. The number of primary amides is 1. The van der Waals surface area contributed by atoms with Gasteiger partial charge in [0.1, 0.15) is 10.9 Å². The van der Waals surface area contributed by atoms with Gasteiger partial charge < -0.3 is 16.8 Å². The highest BCUT2D eigenvalue weighted by Gasteiger charge is 2.34. The van der Waals surface area contributed by atoms with Crippen molar-refractivity contribution in [2.24, 2.45) is 5.73 Å². The van der Waals surface area contributed by atoms with E-state index in [0.717, 1.165) is 48.3 Å². The zero-order chi connectivity index (χ0) is 22.0. The minimum absolute atomic E-state index is 0.0591. The monoisotopic (exact) mass is 429 g/mol. The SMILES string of the molecule is Cc1ccc(C)c(N(C(=O)c2snc(C(N)=O)c2N)[C@@H](C)C(=O)NC2CCCC2)c1. The van der Waals surface area contributed by atoms with Crippen LogP contribution >= 0.6 is 11.5 Å². The highest BCUT2D eigenvalue weighted by molar-refractivity contribution is 7.09. The molecule has 2 aromatic rings. The first-order valence-corrected chi connectivity index (χ1v) is 10.7. The van der Waals surface area contributed by atoms with E-state index in [0.29, 0.717) is 5.69 Å². The molecule has 1 aliphatic rings. The Labute approximate surface area is 179 Å². The highest BCUT2D eigenvalue weighted by atomic mass is 32.1. The van der Waals surface area contributed by atoms with Crippen LogP contribution in [0.2, 0.25) is 0 Å². The lowest BCUT2D eigenvalue weighted by Gasteiger charge is -2.30. The Morgan fingerprint density at radius 3 is 2.50 bits per heavy atom. The zero-order valence-corrected chi connectivity index (χ0v) is 18.2. The molecule has 1 aromatic carbocycles. The van der Waals surface area contributed by atoms with Crippen LogP contribution in [0.1, 0.15) is 63.9 Å². The van der Waals surface area contributed by atoms with Gasteiger partial charge in [0.2, 0.25) is 5.91 Å². The minimum atomic E-state index is -0.798. The number of hydrogen-bond acceptors (Lipinski definition) is 6. The number of rotatable bonds is 6. The van der Waals surface area contributed by atoms with E-state index in [-0.39, 0.29) is 28.2 Å². The van der Waals surface area contributed by atoms with E-state index in [9.17, 15) is 14.4 Å². The molecule has 1 fully saturated rings. The van der Waals surface area contributed by atoms with Crippen molar-refractivity contribution in [3.05, 3.63) is 39.9 Å². The van der Waals surface area contributed by atoms with E-state index in [1.54, 1.807) is 6.92 Å². The van der Waals surface area contributed by atoms with E-state index in [4.69, 9.17) is 11.5 Å². The molecular weight excluding hydrogens is 402 g/mol. The average molecular weight is 430 g/mol. The normalized spacial score (nSPS) is 15.0. The Kier molecular flexibility index (Phi) is 6.40. The number of nitrogens with zero attached hydrogens (tertiary/aromatic N) is 2. The number of benzene rings is 1. The number of nitrogens with one attached hydrogen (secondary N) is 1. The molecule has 30 heavy (non-hydrogen) atoms. The highest BCUT2D eigenvalue weighted by Crippen LogP contribution is 2.30. The molecule has 1 atom stereocenters. The van der Waals surface area contributed by atoms with Crippen molar-refractivity contribution in [1.29, 1.82) is 0 Å². The summed E-state index contributed by atoms with van der Waals surface area (Å²) in [4.78, 5) is 39.6. The largest absolute Gasteiger partial charge is 0.395 e. The summed E-state index contributed by atoms with van der Waals surface area (Å²) in [6.07, 6.45) is 4.07. The summed E-state index contributed by atoms with van der Waals surface area (Å²) in [6.45, 7) is 5.48. The Hall–Kier alpha value is -2.94. The van der Waals surface area contributed by atoms with Crippen molar-refractivity contribution in [3.8, 4) is 0 Å². The van der Waals surface area contributed by atoms with Gasteiger partial charge >= 0.3 is 0 Å². The van der Waals surface area contributed by atoms with Gasteiger partial charge in [-0.2, -0.15) is 4.37 Å². The van der Waals surface area contributed by atoms with Crippen LogP contribution in [0.3, 0.4) is 0 Å². The summed E-state index contributed by atoms with van der Waals surface area (Å²) in [6, 6.07) is 5.05. The van der Waals surface area contributed by atoms with Gasteiger partial charge in [0.05, 0.1) is 5.69 Å². The molecule has 1 heterocycles. The number of anilines is 2. The molecule has 8 nitrogen and oxygen atoms in total. The van der Waals surface area contributed by atoms with Crippen LogP contribution in [-0.2, 0) is 4.79 Å². The molecule has 1 aromatic heterocycles. The Balaban J connectivity index is 2.01. The molecule has 0 unspecified atom stereocenters. The Morgan fingerprint density at radius 2 is 1.90 bits per heavy atom. The van der Waals surface area contributed by atoms with E-state index in [1.807, 2.05) is 32.0 Å². The molecule has 9 heteroatoms. The lowest BCUT2D eigenvalue weighted by atomic mass is 10.1. The molecule has 0 bridgehead atoms. The Bertz CT molecular complexity index is 981. The molecule has 3 rings (SSSR count). The number of hydrogen-bond donors (Lipinski definition) is 3. The van der Waals surface area contributed by atoms with Gasteiger partial charge in [-0.25, -0.2) is 0 Å². The van der Waals surface area contributed by atoms with Crippen LogP contribution in [0.5, 0.6) is 0 Å². The lowest BCUT2D eigenvalue weighted by Crippen LogP contribution is -2.50. The third-order valence-corrected chi connectivity index (χ3v) is 6.32. The third-order valence-electron chi connectivity index (χ3n) is 5.47. The molecular formula is C21H27N5O3S. The van der Waals surface area contributed by atoms with Gasteiger partial charge in [0.15, 0.2) is 5.69 Å². The number of aromatic nitrogens is 1. The van der Waals surface area contributed by atoms with E-state index >= 15 is 0 Å². The Morgan fingerprint density at radius 1 is 1.23 bits per heavy atom. The number of carbonyl (C=O) groups is 3. The van der Waals surface area contributed by atoms with Gasteiger partial charge in [0.25, 0.3) is 11.8 Å². The fourth-order valence-electron chi connectivity index (χ4n) is 3.72. The summed E-state index contributed by atoms with van der Waals surface area (Å²) in [5.74, 6) is -1.51. The van der Waals surface area contributed by atoms with Crippen molar-refractivity contribution in [2.45, 2.75) is 58.5 Å². The molecule has 3 amide bonds. The average Bonchev–Trinajstić information content (AvgIpc) is 3.33. The van der Waals surface area contributed by atoms with Crippen molar-refractivity contribution in [3.63, 3.8) is 0 Å². The van der Waals surface area contributed by atoms with Gasteiger partial charge in [-0.3, -0.25) is 19.3 Å². The van der Waals surface area contributed by atoms with Crippen molar-refractivity contribution in [1.82, 2.24) is 9.69 Å². The predicted octanol–water partition coefficient (Wildman–Crippen LogP) is 2.54. The first-order chi connectivity index (χ1) is 14.2. The second kappa shape index (κ2) is 8.83. The van der Waals surface area contributed by atoms with Gasteiger partial charge in [-0.05, 0) is 62.3 Å². The maximum absolute atomic E-state index is 13.5. The van der Waals surface area contributed by atoms with Crippen LogP contribution in [-0.4, -0.2) is 34.2 Å². The number of nitrogen functional groups attached to an aromatic ring is 1. The molecule has 1 aliphatic carbocycles. The number of amides is 3. The second-order valence-electron chi connectivity index (χ2n) is 7.77. The molecule has 0 saturated heterocycles. The van der Waals surface area contributed by atoms with Crippen LogP contribution < -0.4 is 21.7 Å². The summed E-state index contributed by atoms with van der Waals surface area (Å²) >= 11 is 0.809. The van der Waals surface area contributed by atoms with E-state index in [1.165, 1.54) is 4.90 Å². The lowest BCUT2D eigenvalue weighted by molar-refractivity contribution is -0.122. The molecule has 160 valence electrons. The number of carbonyl (C=O) groups excluding carboxylic acids is 3. The fourth-order valence-corrected chi connectivity index (χ4v) is 4.46. The topological polar surface area (TPSA) is 131 Å². The third kappa shape index (κ3) is 4.30. The van der Waals surface area contributed by atoms with E-state index < -0.39 is 17.9 Å². The van der Waals surface area contributed by atoms with Crippen LogP contribution in [0, 0.1) is 13.8 Å². The summed E-state index contributed by atoms with van der Waals surface area (Å²) in [5, 5.41) is 3.06. The second-order valence-corrected chi connectivity index (χ2v) is 8.54. The summed E-state index contributed by atoms with van der Waals surface area (Å²) < 4.78 is 3.93. The fraction of sp³-hybridized carbons (Fsp3) is 0.429. The van der Waals surface area contributed by atoms with Gasteiger partial charge in [-0.15, -0.1) is 0 Å². The molecule has 5 N–H and O–H groups in total. The summed E-state index contributed by atoms with van der Waals surface area (Å²) in [7, 11) is 0.